The Morgan fingerprint density at radius 1 is 1.40 bits per heavy atom. The zero-order valence-corrected chi connectivity index (χ0v) is 8.87. The summed E-state index contributed by atoms with van der Waals surface area (Å²) in [5.74, 6) is 0.0774. The number of hydrogen-bond donors (Lipinski definition) is 2. The Balaban J connectivity index is 2.48. The van der Waals surface area contributed by atoms with Crippen LogP contribution in [0.1, 0.15) is 12.0 Å². The zero-order chi connectivity index (χ0) is 11.1. The fourth-order valence-electron chi connectivity index (χ4n) is 1.94. The molecule has 0 saturated carbocycles. The van der Waals surface area contributed by atoms with E-state index in [1.165, 1.54) is 18.2 Å². The Kier molecular flexibility index (Phi) is 2.44. The van der Waals surface area contributed by atoms with E-state index < -0.39 is 15.1 Å². The summed E-state index contributed by atoms with van der Waals surface area (Å²) >= 11 is 0. The maximum Gasteiger partial charge on any atom is 0.181 e. The van der Waals surface area contributed by atoms with E-state index in [1.54, 1.807) is 0 Å². The van der Waals surface area contributed by atoms with Gasteiger partial charge in [0.2, 0.25) is 0 Å². The average Bonchev–Trinajstić information content (AvgIpc) is 2.39. The highest BCUT2D eigenvalue weighted by atomic mass is 32.2. The van der Waals surface area contributed by atoms with Crippen molar-refractivity contribution in [2.75, 3.05) is 6.61 Å². The number of benzene rings is 1. The number of fused-ring (bicyclic) bond motifs is 1. The first-order chi connectivity index (χ1) is 7.05. The number of aliphatic hydroxyl groups excluding tert-OH is 1. The number of aromatic hydroxyl groups is 1. The number of sulfone groups is 1. The van der Waals surface area contributed by atoms with Gasteiger partial charge in [0.15, 0.2) is 9.84 Å². The van der Waals surface area contributed by atoms with Gasteiger partial charge in [-0.3, -0.25) is 0 Å². The molecule has 0 saturated heterocycles. The molecule has 15 heavy (non-hydrogen) atoms. The monoisotopic (exact) mass is 228 g/mol. The summed E-state index contributed by atoms with van der Waals surface area (Å²) in [6, 6.07) is 4.28. The van der Waals surface area contributed by atoms with E-state index in [9.17, 15) is 13.5 Å². The number of phenols is 1. The van der Waals surface area contributed by atoms with Crippen molar-refractivity contribution in [1.82, 2.24) is 0 Å². The van der Waals surface area contributed by atoms with Gasteiger partial charge in [-0.25, -0.2) is 8.42 Å². The third-order valence-corrected chi connectivity index (χ3v) is 4.98. The summed E-state index contributed by atoms with van der Waals surface area (Å²) in [5.41, 5.74) is 0.647. The Hall–Kier alpha value is -1.07. The highest BCUT2D eigenvalue weighted by Crippen LogP contribution is 2.34. The zero-order valence-electron chi connectivity index (χ0n) is 8.05. The number of aliphatic hydroxyl groups is 1. The molecule has 1 aliphatic heterocycles. The summed E-state index contributed by atoms with van der Waals surface area (Å²) < 4.78 is 23.8. The lowest BCUT2D eigenvalue weighted by molar-refractivity contribution is 0.285. The molecule has 1 atom stereocenters. The quantitative estimate of drug-likeness (QED) is 0.771. The molecule has 0 aromatic heterocycles. The molecule has 2 rings (SSSR count). The average molecular weight is 228 g/mol. The summed E-state index contributed by atoms with van der Waals surface area (Å²) in [6.45, 7) is -0.135. The molecule has 0 radical (unpaired) electrons. The van der Waals surface area contributed by atoms with E-state index in [1.807, 2.05) is 0 Å². The van der Waals surface area contributed by atoms with Gasteiger partial charge in [-0.05, 0) is 36.6 Å². The van der Waals surface area contributed by atoms with Gasteiger partial charge in [0, 0.05) is 6.61 Å². The molecular formula is C10H12O4S. The van der Waals surface area contributed by atoms with Crippen molar-refractivity contribution in [2.45, 2.75) is 23.0 Å². The molecular weight excluding hydrogens is 216 g/mol. The lowest BCUT2D eigenvalue weighted by atomic mass is 10.1. The summed E-state index contributed by atoms with van der Waals surface area (Å²) in [7, 11) is -3.30. The standard InChI is InChI=1S/C10H12O4S/c11-4-3-9-6-7-5-8(12)1-2-10(7)15(9,13)14/h1-2,5,9,11-12H,3-4,6H2. The molecule has 1 unspecified atom stereocenters. The third kappa shape index (κ3) is 1.61. The Labute approximate surface area is 88.1 Å². The van der Waals surface area contributed by atoms with Crippen LogP contribution in [0.5, 0.6) is 5.75 Å². The van der Waals surface area contributed by atoms with Crippen molar-refractivity contribution in [2.24, 2.45) is 0 Å². The maximum absolute atomic E-state index is 11.9. The van der Waals surface area contributed by atoms with Crippen LogP contribution in [0.2, 0.25) is 0 Å². The third-order valence-electron chi connectivity index (χ3n) is 2.69. The van der Waals surface area contributed by atoms with Crippen LogP contribution in [-0.2, 0) is 16.3 Å². The second-order valence-electron chi connectivity index (χ2n) is 3.68. The Bertz CT molecular complexity index is 478. The first kappa shape index (κ1) is 10.4. The van der Waals surface area contributed by atoms with Crippen LogP contribution in [-0.4, -0.2) is 30.5 Å². The van der Waals surface area contributed by atoms with Gasteiger partial charge in [0.1, 0.15) is 5.75 Å². The summed E-state index contributed by atoms with van der Waals surface area (Å²) in [6.07, 6.45) is 0.629. The molecule has 1 aromatic rings. The van der Waals surface area contributed by atoms with Gasteiger partial charge in [0.25, 0.3) is 0 Å². The molecule has 1 heterocycles. The number of phenolic OH excluding ortho intramolecular Hbond substituents is 1. The Morgan fingerprint density at radius 2 is 2.13 bits per heavy atom. The van der Waals surface area contributed by atoms with Crippen LogP contribution in [0.3, 0.4) is 0 Å². The van der Waals surface area contributed by atoms with Crippen LogP contribution in [0.4, 0.5) is 0 Å². The van der Waals surface area contributed by atoms with Gasteiger partial charge < -0.3 is 10.2 Å². The van der Waals surface area contributed by atoms with Crippen molar-refractivity contribution < 1.29 is 18.6 Å². The highest BCUT2D eigenvalue weighted by molar-refractivity contribution is 7.92. The minimum absolute atomic E-state index is 0.0774. The number of hydrogen-bond acceptors (Lipinski definition) is 4. The van der Waals surface area contributed by atoms with Gasteiger partial charge >= 0.3 is 0 Å². The first-order valence-electron chi connectivity index (χ1n) is 4.72. The summed E-state index contributed by atoms with van der Waals surface area (Å²) in [4.78, 5) is 0.291. The molecule has 0 aliphatic carbocycles. The minimum Gasteiger partial charge on any atom is -0.508 e. The van der Waals surface area contributed by atoms with Gasteiger partial charge in [-0.1, -0.05) is 0 Å². The second kappa shape index (κ2) is 3.50. The second-order valence-corrected chi connectivity index (χ2v) is 5.87. The lowest BCUT2D eigenvalue weighted by Gasteiger charge is -2.05. The SMILES string of the molecule is O=S1(=O)c2ccc(O)cc2CC1CCO. The molecule has 0 fully saturated rings. The fraction of sp³-hybridized carbons (Fsp3) is 0.400. The molecule has 1 aliphatic rings. The van der Waals surface area contributed by atoms with Crippen LogP contribution >= 0.6 is 0 Å². The number of rotatable bonds is 2. The van der Waals surface area contributed by atoms with E-state index in [0.717, 1.165) is 0 Å². The van der Waals surface area contributed by atoms with Crippen molar-refractivity contribution in [3.63, 3.8) is 0 Å². The predicted molar refractivity (Wildman–Crippen MR) is 54.5 cm³/mol. The van der Waals surface area contributed by atoms with Crippen LogP contribution < -0.4 is 0 Å². The van der Waals surface area contributed by atoms with Crippen molar-refractivity contribution in [3.05, 3.63) is 23.8 Å². The van der Waals surface area contributed by atoms with Crippen LogP contribution in [0.25, 0.3) is 0 Å². The van der Waals surface area contributed by atoms with Crippen molar-refractivity contribution in [1.29, 1.82) is 0 Å². The highest BCUT2D eigenvalue weighted by Gasteiger charge is 2.36. The van der Waals surface area contributed by atoms with Crippen LogP contribution in [0.15, 0.2) is 23.1 Å². The molecule has 0 spiro atoms. The normalized spacial score (nSPS) is 22.6. The smallest absolute Gasteiger partial charge is 0.181 e. The molecule has 82 valence electrons. The van der Waals surface area contributed by atoms with Crippen molar-refractivity contribution >= 4 is 9.84 Å². The topological polar surface area (TPSA) is 74.6 Å². The molecule has 0 bridgehead atoms. The van der Waals surface area contributed by atoms with E-state index in [0.29, 0.717) is 16.9 Å². The summed E-state index contributed by atoms with van der Waals surface area (Å²) in [5, 5.41) is 17.5. The first-order valence-corrected chi connectivity index (χ1v) is 6.27. The Morgan fingerprint density at radius 3 is 2.80 bits per heavy atom. The van der Waals surface area contributed by atoms with E-state index >= 15 is 0 Å². The van der Waals surface area contributed by atoms with Gasteiger partial charge in [-0.15, -0.1) is 0 Å². The lowest BCUT2D eigenvalue weighted by Crippen LogP contribution is -2.18. The molecule has 1 aromatic carbocycles. The van der Waals surface area contributed by atoms with Crippen LogP contribution in [0, 0.1) is 0 Å². The van der Waals surface area contributed by atoms with E-state index in [2.05, 4.69) is 0 Å². The molecule has 4 nitrogen and oxygen atoms in total. The maximum atomic E-state index is 11.9. The molecule has 5 heteroatoms. The van der Waals surface area contributed by atoms with E-state index in [-0.39, 0.29) is 18.8 Å². The minimum atomic E-state index is -3.30. The fourth-order valence-corrected chi connectivity index (χ4v) is 3.88. The largest absolute Gasteiger partial charge is 0.508 e. The molecule has 0 amide bonds. The molecule has 2 N–H and O–H groups in total. The van der Waals surface area contributed by atoms with E-state index in [4.69, 9.17) is 5.11 Å². The van der Waals surface area contributed by atoms with Gasteiger partial charge in [-0.2, -0.15) is 0 Å². The van der Waals surface area contributed by atoms with Gasteiger partial charge in [0.05, 0.1) is 10.1 Å². The predicted octanol–water partition coefficient (Wildman–Crippen LogP) is 0.473. The van der Waals surface area contributed by atoms with Crippen molar-refractivity contribution in [3.8, 4) is 5.75 Å².